The van der Waals surface area contributed by atoms with Crippen molar-refractivity contribution in [1.82, 2.24) is 0 Å². The standard InChI is InChI=1S/C25H34O6/c1-12(2)13-7-8-22(3)9-10-23(4)15(16(13)22)6-5-14-17-19(23)31-21-25(17,29)20(27)24(28,11-30-21)18(14)26/h5,12,15,17-19,21,26,28-29H,6-11H2,1-4H3/t15-,17-,18-,19+,21+,22-,23-,24+,25-/m1/s1. The Morgan fingerprint density at radius 1 is 1.16 bits per heavy atom. The maximum Gasteiger partial charge on any atom is 0.207 e. The third-order valence-corrected chi connectivity index (χ3v) is 9.98. The van der Waals surface area contributed by atoms with E-state index in [9.17, 15) is 20.1 Å². The van der Waals surface area contributed by atoms with E-state index in [4.69, 9.17) is 9.47 Å². The number of hydrogen-bond acceptors (Lipinski definition) is 6. The fourth-order valence-corrected chi connectivity index (χ4v) is 8.18. The number of ether oxygens (including phenoxy) is 2. The Bertz CT molecular complexity index is 936. The molecular weight excluding hydrogens is 396 g/mol. The lowest BCUT2D eigenvalue weighted by molar-refractivity contribution is -0.271. The quantitative estimate of drug-likeness (QED) is 0.553. The molecule has 2 heterocycles. The number of aliphatic hydroxyl groups excluding tert-OH is 1. The van der Waals surface area contributed by atoms with E-state index in [1.807, 2.05) is 6.08 Å². The molecule has 2 aliphatic heterocycles. The van der Waals surface area contributed by atoms with Crippen molar-refractivity contribution in [3.63, 3.8) is 0 Å². The Balaban J connectivity index is 1.56. The smallest absolute Gasteiger partial charge is 0.207 e. The van der Waals surface area contributed by atoms with Gasteiger partial charge < -0.3 is 24.8 Å². The van der Waals surface area contributed by atoms with E-state index in [-0.39, 0.29) is 23.4 Å². The SMILES string of the molecule is CC(C)C1=C2[C@H]3CC=C4[C@@H]5[C@H](O[C@@H]6OC[C@@](O)(C(=O)[C@@]65O)[C@@H]4O)[C@]3(C)CC[C@@]2(C)CC1. The summed E-state index contributed by atoms with van der Waals surface area (Å²) in [6, 6.07) is 0. The van der Waals surface area contributed by atoms with Crippen LogP contribution in [0, 0.1) is 28.6 Å². The average Bonchev–Trinajstić information content (AvgIpc) is 3.20. The molecule has 0 aromatic rings. The molecule has 6 aliphatic rings. The molecule has 9 atom stereocenters. The van der Waals surface area contributed by atoms with Crippen LogP contribution in [0.5, 0.6) is 0 Å². The number of hydrogen-bond donors (Lipinski definition) is 3. The first-order chi connectivity index (χ1) is 14.5. The molecule has 4 aliphatic carbocycles. The summed E-state index contributed by atoms with van der Waals surface area (Å²) in [6.45, 7) is 8.80. The fraction of sp³-hybridized carbons (Fsp3) is 0.800. The van der Waals surface area contributed by atoms with Gasteiger partial charge in [0.1, 0.15) is 6.10 Å². The molecule has 6 heteroatoms. The number of Topliss-reactive ketones (excluding diaryl/α,β-unsaturated/α-hetero) is 1. The minimum Gasteiger partial charge on any atom is -0.385 e. The number of carbonyl (C=O) groups is 1. The van der Waals surface area contributed by atoms with Crippen molar-refractivity contribution in [2.75, 3.05) is 6.61 Å². The Morgan fingerprint density at radius 2 is 1.90 bits per heavy atom. The highest BCUT2D eigenvalue weighted by Crippen LogP contribution is 2.67. The van der Waals surface area contributed by atoms with Gasteiger partial charge in [0, 0.05) is 5.41 Å². The van der Waals surface area contributed by atoms with Gasteiger partial charge in [-0.1, -0.05) is 44.9 Å². The Hall–Kier alpha value is -1.05. The first-order valence-corrected chi connectivity index (χ1v) is 11.9. The highest BCUT2D eigenvalue weighted by Gasteiger charge is 2.77. The van der Waals surface area contributed by atoms with Crippen molar-refractivity contribution in [3.05, 3.63) is 22.8 Å². The lowest BCUT2D eigenvalue weighted by atomic mass is 9.52. The monoisotopic (exact) mass is 430 g/mol. The minimum absolute atomic E-state index is 0.175. The molecule has 170 valence electrons. The number of aliphatic hydroxyl groups is 3. The summed E-state index contributed by atoms with van der Waals surface area (Å²) in [5.74, 6) is -0.749. The second kappa shape index (κ2) is 5.89. The van der Waals surface area contributed by atoms with Gasteiger partial charge in [-0.3, -0.25) is 4.79 Å². The number of fused-ring (bicyclic) bond motifs is 5. The lowest BCUT2D eigenvalue weighted by Gasteiger charge is -2.53. The molecule has 2 saturated carbocycles. The second-order valence-electron chi connectivity index (χ2n) is 11.8. The summed E-state index contributed by atoms with van der Waals surface area (Å²) in [5, 5.41) is 33.8. The van der Waals surface area contributed by atoms with Gasteiger partial charge in [-0.25, -0.2) is 0 Å². The van der Waals surface area contributed by atoms with E-state index in [1.54, 1.807) is 5.57 Å². The average molecular weight is 431 g/mol. The van der Waals surface area contributed by atoms with Crippen molar-refractivity contribution in [3.8, 4) is 0 Å². The zero-order valence-corrected chi connectivity index (χ0v) is 18.9. The lowest BCUT2D eigenvalue weighted by Crippen LogP contribution is -2.75. The van der Waals surface area contributed by atoms with Gasteiger partial charge in [0.15, 0.2) is 17.5 Å². The van der Waals surface area contributed by atoms with Crippen LogP contribution in [0.1, 0.15) is 59.8 Å². The van der Waals surface area contributed by atoms with E-state index in [2.05, 4.69) is 27.7 Å². The van der Waals surface area contributed by atoms with Gasteiger partial charge in [-0.2, -0.15) is 0 Å². The number of carbonyl (C=O) groups excluding carboxylic acids is 1. The van der Waals surface area contributed by atoms with Gasteiger partial charge >= 0.3 is 0 Å². The summed E-state index contributed by atoms with van der Waals surface area (Å²) >= 11 is 0. The van der Waals surface area contributed by atoms with Crippen LogP contribution < -0.4 is 0 Å². The van der Waals surface area contributed by atoms with Crippen LogP contribution in [0.2, 0.25) is 0 Å². The van der Waals surface area contributed by atoms with E-state index in [1.165, 1.54) is 12.0 Å². The third kappa shape index (κ3) is 2.15. The molecule has 6 nitrogen and oxygen atoms in total. The molecule has 0 spiro atoms. The molecule has 0 amide bonds. The maximum absolute atomic E-state index is 13.2. The molecule has 0 radical (unpaired) electrons. The molecule has 2 bridgehead atoms. The zero-order valence-electron chi connectivity index (χ0n) is 18.9. The van der Waals surface area contributed by atoms with Gasteiger partial charge in [0.2, 0.25) is 5.78 Å². The van der Waals surface area contributed by atoms with E-state index < -0.39 is 41.4 Å². The van der Waals surface area contributed by atoms with Gasteiger partial charge in [-0.05, 0) is 54.9 Å². The molecule has 3 N–H and O–H groups in total. The predicted octanol–water partition coefficient (Wildman–Crippen LogP) is 2.26. The molecule has 4 fully saturated rings. The van der Waals surface area contributed by atoms with Crippen molar-refractivity contribution < 1.29 is 29.6 Å². The third-order valence-electron chi connectivity index (χ3n) is 9.98. The van der Waals surface area contributed by atoms with E-state index in [0.717, 1.165) is 25.7 Å². The van der Waals surface area contributed by atoms with E-state index >= 15 is 0 Å². The van der Waals surface area contributed by atoms with Crippen LogP contribution >= 0.6 is 0 Å². The maximum atomic E-state index is 13.2. The van der Waals surface area contributed by atoms with Gasteiger partial charge in [0.25, 0.3) is 0 Å². The van der Waals surface area contributed by atoms with Gasteiger partial charge in [-0.15, -0.1) is 0 Å². The normalized spacial score (nSPS) is 55.2. The molecular formula is C25H34O6. The van der Waals surface area contributed by atoms with Gasteiger partial charge in [0.05, 0.1) is 18.6 Å². The Labute approximate surface area is 183 Å². The highest BCUT2D eigenvalue weighted by molar-refractivity contribution is 5.99. The van der Waals surface area contributed by atoms with Crippen molar-refractivity contribution in [2.45, 2.75) is 89.5 Å². The summed E-state index contributed by atoms with van der Waals surface area (Å²) in [5.41, 5.74) is -0.552. The first-order valence-electron chi connectivity index (χ1n) is 11.9. The van der Waals surface area contributed by atoms with Crippen LogP contribution in [0.15, 0.2) is 22.8 Å². The Morgan fingerprint density at radius 3 is 2.61 bits per heavy atom. The predicted molar refractivity (Wildman–Crippen MR) is 112 cm³/mol. The van der Waals surface area contributed by atoms with Crippen molar-refractivity contribution >= 4 is 5.78 Å². The topological polar surface area (TPSA) is 96.2 Å². The van der Waals surface area contributed by atoms with Crippen LogP contribution in [0.3, 0.4) is 0 Å². The molecule has 2 saturated heterocycles. The molecule has 6 rings (SSSR count). The summed E-state index contributed by atoms with van der Waals surface area (Å²) in [7, 11) is 0. The molecule has 0 unspecified atom stereocenters. The summed E-state index contributed by atoms with van der Waals surface area (Å²) in [4.78, 5) is 13.2. The molecule has 0 aromatic carbocycles. The van der Waals surface area contributed by atoms with Crippen molar-refractivity contribution in [1.29, 1.82) is 0 Å². The summed E-state index contributed by atoms with van der Waals surface area (Å²) < 4.78 is 12.1. The van der Waals surface area contributed by atoms with Crippen LogP contribution in [0.25, 0.3) is 0 Å². The van der Waals surface area contributed by atoms with Crippen LogP contribution in [0.4, 0.5) is 0 Å². The highest BCUT2D eigenvalue weighted by atomic mass is 16.7. The fourth-order valence-electron chi connectivity index (χ4n) is 8.18. The van der Waals surface area contributed by atoms with E-state index in [0.29, 0.717) is 11.5 Å². The number of allylic oxidation sites excluding steroid dienone is 3. The molecule has 0 aromatic heterocycles. The largest absolute Gasteiger partial charge is 0.385 e. The number of ketones is 1. The minimum atomic E-state index is -2.12. The molecule has 31 heavy (non-hydrogen) atoms. The van der Waals surface area contributed by atoms with Crippen LogP contribution in [-0.2, 0) is 14.3 Å². The zero-order chi connectivity index (χ0) is 22.1. The second-order valence-corrected chi connectivity index (χ2v) is 11.8. The first kappa shape index (κ1) is 20.5. The Kier molecular flexibility index (Phi) is 3.91. The van der Waals surface area contributed by atoms with Crippen molar-refractivity contribution in [2.24, 2.45) is 28.6 Å². The number of rotatable bonds is 1. The summed E-state index contributed by atoms with van der Waals surface area (Å²) in [6.07, 6.45) is 4.08. The van der Waals surface area contributed by atoms with Crippen LogP contribution in [-0.4, -0.2) is 57.4 Å².